The Morgan fingerprint density at radius 3 is 2.79 bits per heavy atom. The van der Waals surface area contributed by atoms with E-state index < -0.39 is 0 Å². The Balaban J connectivity index is 1.84. The molecule has 5 heteroatoms. The predicted molar refractivity (Wildman–Crippen MR) is 74.6 cm³/mol. The molecule has 19 heavy (non-hydrogen) atoms. The summed E-state index contributed by atoms with van der Waals surface area (Å²) in [5.41, 5.74) is 9.04. The summed E-state index contributed by atoms with van der Waals surface area (Å²) < 4.78 is 1.80. The number of benzene rings is 1. The normalized spacial score (nSPS) is 10.8. The first-order chi connectivity index (χ1) is 9.38. The van der Waals surface area contributed by atoms with E-state index in [0.29, 0.717) is 13.1 Å². The van der Waals surface area contributed by atoms with E-state index >= 15 is 0 Å². The molecule has 2 aromatic heterocycles. The number of anilines is 1. The molecule has 0 aliphatic rings. The van der Waals surface area contributed by atoms with Crippen molar-refractivity contribution >= 4 is 11.3 Å². The Labute approximate surface area is 111 Å². The molecule has 2 heterocycles. The van der Waals surface area contributed by atoms with E-state index in [-0.39, 0.29) is 0 Å². The fraction of sp³-hybridized carbons (Fsp3) is 0.143. The second-order valence-corrected chi connectivity index (χ2v) is 4.26. The van der Waals surface area contributed by atoms with Gasteiger partial charge in [-0.1, -0.05) is 24.3 Å². The number of nitrogens with zero attached hydrogens (tertiary/aromatic N) is 3. The highest BCUT2D eigenvalue weighted by Gasteiger charge is 2.04. The van der Waals surface area contributed by atoms with Gasteiger partial charge in [0.15, 0.2) is 5.82 Å². The van der Waals surface area contributed by atoms with Crippen LogP contribution >= 0.6 is 0 Å². The van der Waals surface area contributed by atoms with Gasteiger partial charge in [-0.15, -0.1) is 0 Å². The van der Waals surface area contributed by atoms with E-state index in [4.69, 9.17) is 5.73 Å². The molecule has 5 nitrogen and oxygen atoms in total. The van der Waals surface area contributed by atoms with Crippen LogP contribution in [0.3, 0.4) is 0 Å². The van der Waals surface area contributed by atoms with Crippen LogP contribution in [-0.4, -0.2) is 14.6 Å². The lowest BCUT2D eigenvalue weighted by Crippen LogP contribution is -2.07. The van der Waals surface area contributed by atoms with E-state index in [2.05, 4.69) is 21.5 Å². The van der Waals surface area contributed by atoms with Crippen LogP contribution < -0.4 is 11.1 Å². The number of hydrogen-bond acceptors (Lipinski definition) is 4. The molecule has 0 atom stereocenters. The van der Waals surface area contributed by atoms with Crippen LogP contribution in [0.15, 0.2) is 48.9 Å². The Bertz CT molecular complexity index is 689. The highest BCUT2D eigenvalue weighted by molar-refractivity contribution is 5.66. The maximum absolute atomic E-state index is 5.74. The van der Waals surface area contributed by atoms with Gasteiger partial charge in [0, 0.05) is 25.5 Å². The first kappa shape index (κ1) is 11.7. The van der Waals surface area contributed by atoms with E-state index in [0.717, 1.165) is 16.9 Å². The SMILES string of the molecule is NCc1ccccc1CNc1nccn2nccc12. The minimum atomic E-state index is 0.544. The molecular formula is C14H15N5. The van der Waals surface area contributed by atoms with Crippen LogP contribution in [0.25, 0.3) is 5.52 Å². The van der Waals surface area contributed by atoms with Gasteiger partial charge in [0.25, 0.3) is 0 Å². The molecular weight excluding hydrogens is 238 g/mol. The lowest BCUT2D eigenvalue weighted by Gasteiger charge is -2.10. The Morgan fingerprint density at radius 1 is 1.11 bits per heavy atom. The minimum Gasteiger partial charge on any atom is -0.364 e. The van der Waals surface area contributed by atoms with Crippen molar-refractivity contribution in [2.75, 3.05) is 5.32 Å². The van der Waals surface area contributed by atoms with E-state index in [1.54, 1.807) is 16.9 Å². The number of nitrogens with two attached hydrogens (primary N) is 1. The monoisotopic (exact) mass is 253 g/mol. The summed E-state index contributed by atoms with van der Waals surface area (Å²) in [6.45, 7) is 1.24. The van der Waals surface area contributed by atoms with Gasteiger partial charge in [-0.3, -0.25) is 0 Å². The van der Waals surface area contributed by atoms with Crippen molar-refractivity contribution in [1.29, 1.82) is 0 Å². The third-order valence-electron chi connectivity index (χ3n) is 3.11. The molecule has 0 fully saturated rings. The molecule has 96 valence electrons. The van der Waals surface area contributed by atoms with E-state index in [9.17, 15) is 0 Å². The molecule has 3 aromatic rings. The van der Waals surface area contributed by atoms with E-state index in [1.165, 1.54) is 5.56 Å². The fourth-order valence-electron chi connectivity index (χ4n) is 2.10. The molecule has 0 saturated heterocycles. The van der Waals surface area contributed by atoms with Gasteiger partial charge in [-0.2, -0.15) is 5.10 Å². The van der Waals surface area contributed by atoms with Crippen molar-refractivity contribution in [3.8, 4) is 0 Å². The van der Waals surface area contributed by atoms with Crippen molar-refractivity contribution in [2.45, 2.75) is 13.1 Å². The van der Waals surface area contributed by atoms with Crippen molar-refractivity contribution in [1.82, 2.24) is 14.6 Å². The van der Waals surface area contributed by atoms with Gasteiger partial charge < -0.3 is 11.1 Å². The molecule has 0 spiro atoms. The van der Waals surface area contributed by atoms with Crippen molar-refractivity contribution in [2.24, 2.45) is 5.73 Å². The average molecular weight is 253 g/mol. The van der Waals surface area contributed by atoms with Gasteiger partial charge in [0.1, 0.15) is 5.52 Å². The molecule has 0 aliphatic carbocycles. The lowest BCUT2D eigenvalue weighted by molar-refractivity contribution is 0.939. The van der Waals surface area contributed by atoms with Gasteiger partial charge in [-0.05, 0) is 17.2 Å². The number of hydrogen-bond donors (Lipinski definition) is 2. The number of aromatic nitrogens is 3. The predicted octanol–water partition coefficient (Wildman–Crippen LogP) is 1.80. The largest absolute Gasteiger partial charge is 0.364 e. The van der Waals surface area contributed by atoms with Gasteiger partial charge in [0.2, 0.25) is 0 Å². The second kappa shape index (κ2) is 5.07. The summed E-state index contributed by atoms with van der Waals surface area (Å²) in [7, 11) is 0. The molecule has 0 saturated carbocycles. The zero-order valence-corrected chi connectivity index (χ0v) is 10.5. The Morgan fingerprint density at radius 2 is 1.95 bits per heavy atom. The first-order valence-corrected chi connectivity index (χ1v) is 6.17. The van der Waals surface area contributed by atoms with Crippen LogP contribution in [0.4, 0.5) is 5.82 Å². The minimum absolute atomic E-state index is 0.544. The number of rotatable bonds is 4. The van der Waals surface area contributed by atoms with Gasteiger partial charge in [-0.25, -0.2) is 9.50 Å². The first-order valence-electron chi connectivity index (χ1n) is 6.17. The molecule has 0 aliphatic heterocycles. The average Bonchev–Trinajstić information content (AvgIpc) is 2.94. The Hall–Kier alpha value is -2.40. The molecule has 0 amide bonds. The summed E-state index contributed by atoms with van der Waals surface area (Å²) in [6, 6.07) is 10.1. The van der Waals surface area contributed by atoms with Gasteiger partial charge in [0.05, 0.1) is 6.20 Å². The molecule has 3 rings (SSSR count). The fourth-order valence-corrected chi connectivity index (χ4v) is 2.10. The van der Waals surface area contributed by atoms with Crippen molar-refractivity contribution < 1.29 is 0 Å². The highest BCUT2D eigenvalue weighted by atomic mass is 15.2. The molecule has 3 N–H and O–H groups in total. The third-order valence-corrected chi connectivity index (χ3v) is 3.11. The van der Waals surface area contributed by atoms with Crippen LogP contribution in [0.2, 0.25) is 0 Å². The van der Waals surface area contributed by atoms with Crippen LogP contribution in [0.5, 0.6) is 0 Å². The van der Waals surface area contributed by atoms with Crippen LogP contribution in [0.1, 0.15) is 11.1 Å². The zero-order chi connectivity index (χ0) is 13.1. The summed E-state index contributed by atoms with van der Waals surface area (Å²) in [4.78, 5) is 4.35. The molecule has 0 unspecified atom stereocenters. The maximum Gasteiger partial charge on any atom is 0.152 e. The number of fused-ring (bicyclic) bond motifs is 1. The lowest BCUT2D eigenvalue weighted by atomic mass is 10.1. The quantitative estimate of drug-likeness (QED) is 0.744. The molecule has 0 bridgehead atoms. The van der Waals surface area contributed by atoms with Crippen LogP contribution in [-0.2, 0) is 13.1 Å². The zero-order valence-electron chi connectivity index (χ0n) is 10.5. The van der Waals surface area contributed by atoms with Gasteiger partial charge >= 0.3 is 0 Å². The number of nitrogens with one attached hydrogen (secondary N) is 1. The highest BCUT2D eigenvalue weighted by Crippen LogP contribution is 2.15. The molecule has 1 aromatic carbocycles. The Kier molecular flexibility index (Phi) is 3.12. The van der Waals surface area contributed by atoms with Crippen molar-refractivity contribution in [3.05, 3.63) is 60.0 Å². The molecule has 0 radical (unpaired) electrons. The second-order valence-electron chi connectivity index (χ2n) is 4.26. The van der Waals surface area contributed by atoms with E-state index in [1.807, 2.05) is 30.5 Å². The smallest absolute Gasteiger partial charge is 0.152 e. The van der Waals surface area contributed by atoms with Crippen molar-refractivity contribution in [3.63, 3.8) is 0 Å². The summed E-state index contributed by atoms with van der Waals surface area (Å²) in [6.07, 6.45) is 5.32. The summed E-state index contributed by atoms with van der Waals surface area (Å²) in [5.74, 6) is 0.826. The van der Waals surface area contributed by atoms with Crippen LogP contribution in [0, 0.1) is 0 Å². The maximum atomic E-state index is 5.74. The summed E-state index contributed by atoms with van der Waals surface area (Å²) in [5, 5.41) is 7.52. The summed E-state index contributed by atoms with van der Waals surface area (Å²) >= 11 is 0. The topological polar surface area (TPSA) is 68.2 Å². The third kappa shape index (κ3) is 2.28. The standard InChI is InChI=1S/C14H15N5/c15-9-11-3-1-2-4-12(11)10-17-14-13-5-6-18-19(13)8-7-16-14/h1-8H,9-10,15H2,(H,16,17).